The lowest BCUT2D eigenvalue weighted by molar-refractivity contribution is 0.165. The summed E-state index contributed by atoms with van der Waals surface area (Å²) in [5.41, 5.74) is 0.363. The first-order valence-electron chi connectivity index (χ1n) is 7.46. The van der Waals surface area contributed by atoms with Crippen molar-refractivity contribution in [3.05, 3.63) is 30.1 Å². The van der Waals surface area contributed by atoms with Gasteiger partial charge in [-0.15, -0.1) is 0 Å². The minimum Gasteiger partial charge on any atom is -0.394 e. The summed E-state index contributed by atoms with van der Waals surface area (Å²) in [5, 5.41) is 13.1. The Morgan fingerprint density at radius 2 is 2.10 bits per heavy atom. The minimum absolute atomic E-state index is 0.109. The van der Waals surface area contributed by atoms with Gasteiger partial charge in [0.15, 0.2) is 0 Å². The standard InChI is InChI=1S/C16H25FN2O/c1-3-19(15-7-5-4-6-14(15)17)11-10-16(2,12-20)18-13-8-9-13/h4-7,13,18,20H,3,8-12H2,1-2H3. The molecule has 20 heavy (non-hydrogen) atoms. The van der Waals surface area contributed by atoms with E-state index in [1.807, 2.05) is 30.9 Å². The summed E-state index contributed by atoms with van der Waals surface area (Å²) in [6, 6.07) is 7.42. The van der Waals surface area contributed by atoms with Crippen molar-refractivity contribution in [3.63, 3.8) is 0 Å². The number of nitrogens with one attached hydrogen (secondary N) is 1. The first kappa shape index (κ1) is 15.3. The molecule has 0 saturated heterocycles. The number of aliphatic hydroxyl groups is 1. The monoisotopic (exact) mass is 280 g/mol. The van der Waals surface area contributed by atoms with Gasteiger partial charge in [0.25, 0.3) is 0 Å². The summed E-state index contributed by atoms with van der Waals surface area (Å²) in [6.45, 7) is 5.66. The van der Waals surface area contributed by atoms with E-state index in [4.69, 9.17) is 0 Å². The number of hydrogen-bond donors (Lipinski definition) is 2. The molecular weight excluding hydrogens is 255 g/mol. The summed E-state index contributed by atoms with van der Waals surface area (Å²) in [5.74, 6) is -0.185. The van der Waals surface area contributed by atoms with Crippen molar-refractivity contribution in [3.8, 4) is 0 Å². The predicted octanol–water partition coefficient (Wildman–Crippen LogP) is 2.55. The number of benzene rings is 1. The summed E-state index contributed by atoms with van der Waals surface area (Å²) in [4.78, 5) is 2.03. The first-order chi connectivity index (χ1) is 9.58. The maximum Gasteiger partial charge on any atom is 0.146 e. The van der Waals surface area contributed by atoms with Crippen LogP contribution < -0.4 is 10.2 Å². The zero-order chi connectivity index (χ0) is 14.6. The van der Waals surface area contributed by atoms with Gasteiger partial charge >= 0.3 is 0 Å². The number of nitrogens with zero attached hydrogens (tertiary/aromatic N) is 1. The van der Waals surface area contributed by atoms with Gasteiger partial charge in [-0.2, -0.15) is 0 Å². The predicted molar refractivity (Wildman–Crippen MR) is 80.6 cm³/mol. The van der Waals surface area contributed by atoms with Crippen LogP contribution in [0, 0.1) is 5.82 Å². The van der Waals surface area contributed by atoms with Crippen molar-refractivity contribution in [2.75, 3.05) is 24.6 Å². The van der Waals surface area contributed by atoms with Crippen molar-refractivity contribution in [1.29, 1.82) is 0 Å². The summed E-state index contributed by atoms with van der Waals surface area (Å²) in [6.07, 6.45) is 3.18. The smallest absolute Gasteiger partial charge is 0.146 e. The summed E-state index contributed by atoms with van der Waals surface area (Å²) < 4.78 is 13.8. The summed E-state index contributed by atoms with van der Waals surface area (Å²) in [7, 11) is 0. The van der Waals surface area contributed by atoms with Crippen LogP contribution in [0.25, 0.3) is 0 Å². The van der Waals surface area contributed by atoms with E-state index in [2.05, 4.69) is 5.32 Å². The van der Waals surface area contributed by atoms with E-state index < -0.39 is 0 Å². The number of anilines is 1. The van der Waals surface area contributed by atoms with Crippen molar-refractivity contribution >= 4 is 5.69 Å². The van der Waals surface area contributed by atoms with Crippen molar-refractivity contribution in [2.45, 2.75) is 44.7 Å². The average molecular weight is 280 g/mol. The molecule has 4 heteroatoms. The van der Waals surface area contributed by atoms with Gasteiger partial charge < -0.3 is 15.3 Å². The molecule has 0 spiro atoms. The Kier molecular flexibility index (Phi) is 5.00. The Labute approximate surface area is 120 Å². The normalized spacial score (nSPS) is 17.8. The molecule has 0 bridgehead atoms. The van der Waals surface area contributed by atoms with Crippen LogP contribution in [0.2, 0.25) is 0 Å². The molecule has 1 aliphatic rings. The Balaban J connectivity index is 1.97. The van der Waals surface area contributed by atoms with E-state index in [1.54, 1.807) is 6.07 Å². The third-order valence-corrected chi connectivity index (χ3v) is 3.99. The van der Waals surface area contributed by atoms with Gasteiger partial charge in [0.2, 0.25) is 0 Å². The minimum atomic E-state index is -0.278. The van der Waals surface area contributed by atoms with Gasteiger partial charge in [0.05, 0.1) is 12.3 Å². The number of aliphatic hydroxyl groups excluding tert-OH is 1. The zero-order valence-corrected chi connectivity index (χ0v) is 12.4. The van der Waals surface area contributed by atoms with Crippen LogP contribution in [0.15, 0.2) is 24.3 Å². The molecule has 1 saturated carbocycles. The fourth-order valence-corrected chi connectivity index (χ4v) is 2.46. The third kappa shape index (κ3) is 3.93. The topological polar surface area (TPSA) is 35.5 Å². The second kappa shape index (κ2) is 6.55. The molecular formula is C16H25FN2O. The molecule has 1 fully saturated rings. The number of halogens is 1. The SMILES string of the molecule is CCN(CCC(C)(CO)NC1CC1)c1ccccc1F. The first-order valence-corrected chi connectivity index (χ1v) is 7.46. The molecule has 1 aromatic carbocycles. The molecule has 2 rings (SSSR count). The van der Waals surface area contributed by atoms with Crippen LogP contribution >= 0.6 is 0 Å². The van der Waals surface area contributed by atoms with Crippen LogP contribution in [0.5, 0.6) is 0 Å². The molecule has 1 aromatic rings. The second-order valence-corrected chi connectivity index (χ2v) is 5.92. The van der Waals surface area contributed by atoms with E-state index in [9.17, 15) is 9.50 Å². The fourth-order valence-electron chi connectivity index (χ4n) is 2.46. The molecule has 3 nitrogen and oxygen atoms in total. The quantitative estimate of drug-likeness (QED) is 0.768. The molecule has 0 radical (unpaired) electrons. The lowest BCUT2D eigenvalue weighted by Crippen LogP contribution is -2.49. The van der Waals surface area contributed by atoms with E-state index >= 15 is 0 Å². The molecule has 1 aliphatic carbocycles. The van der Waals surface area contributed by atoms with E-state index in [1.165, 1.54) is 18.9 Å². The Bertz CT molecular complexity index is 436. The molecule has 2 N–H and O–H groups in total. The van der Waals surface area contributed by atoms with Gasteiger partial charge in [0.1, 0.15) is 5.82 Å². The lowest BCUT2D eigenvalue weighted by Gasteiger charge is -2.33. The second-order valence-electron chi connectivity index (χ2n) is 5.92. The highest BCUT2D eigenvalue weighted by Crippen LogP contribution is 2.25. The molecule has 0 amide bonds. The fraction of sp³-hybridized carbons (Fsp3) is 0.625. The maximum atomic E-state index is 13.8. The summed E-state index contributed by atoms with van der Waals surface area (Å²) >= 11 is 0. The average Bonchev–Trinajstić information content (AvgIpc) is 3.25. The zero-order valence-electron chi connectivity index (χ0n) is 12.4. The van der Waals surface area contributed by atoms with Crippen LogP contribution in [0.3, 0.4) is 0 Å². The number of hydrogen-bond acceptors (Lipinski definition) is 3. The van der Waals surface area contributed by atoms with Crippen molar-refractivity contribution in [1.82, 2.24) is 5.32 Å². The van der Waals surface area contributed by atoms with Crippen LogP contribution in [-0.2, 0) is 0 Å². The number of para-hydroxylation sites is 1. The lowest BCUT2D eigenvalue weighted by atomic mass is 9.98. The van der Waals surface area contributed by atoms with Gasteiger partial charge in [-0.05, 0) is 45.2 Å². The van der Waals surface area contributed by atoms with Gasteiger partial charge in [0, 0.05) is 24.7 Å². The largest absolute Gasteiger partial charge is 0.394 e. The highest BCUT2D eigenvalue weighted by atomic mass is 19.1. The molecule has 1 atom stereocenters. The third-order valence-electron chi connectivity index (χ3n) is 3.99. The Morgan fingerprint density at radius 1 is 1.40 bits per heavy atom. The molecule has 0 heterocycles. The van der Waals surface area contributed by atoms with E-state index in [0.29, 0.717) is 11.7 Å². The van der Waals surface area contributed by atoms with Crippen LogP contribution in [0.4, 0.5) is 10.1 Å². The van der Waals surface area contributed by atoms with E-state index in [-0.39, 0.29) is 18.0 Å². The Morgan fingerprint density at radius 3 is 2.65 bits per heavy atom. The van der Waals surface area contributed by atoms with E-state index in [0.717, 1.165) is 19.5 Å². The van der Waals surface area contributed by atoms with Crippen molar-refractivity contribution in [2.24, 2.45) is 0 Å². The van der Waals surface area contributed by atoms with Gasteiger partial charge in [-0.25, -0.2) is 4.39 Å². The molecule has 112 valence electrons. The van der Waals surface area contributed by atoms with Crippen LogP contribution in [-0.4, -0.2) is 36.4 Å². The van der Waals surface area contributed by atoms with Gasteiger partial charge in [-0.3, -0.25) is 0 Å². The van der Waals surface area contributed by atoms with Gasteiger partial charge in [-0.1, -0.05) is 12.1 Å². The van der Waals surface area contributed by atoms with Crippen LogP contribution in [0.1, 0.15) is 33.1 Å². The number of rotatable bonds is 8. The molecule has 0 aliphatic heterocycles. The highest BCUT2D eigenvalue weighted by molar-refractivity contribution is 5.47. The molecule has 0 aromatic heterocycles. The Hall–Kier alpha value is -1.13. The highest BCUT2D eigenvalue weighted by Gasteiger charge is 2.32. The van der Waals surface area contributed by atoms with Crippen molar-refractivity contribution < 1.29 is 9.50 Å². The maximum absolute atomic E-state index is 13.8. The molecule has 1 unspecified atom stereocenters.